The van der Waals surface area contributed by atoms with Gasteiger partial charge in [-0.15, -0.1) is 0 Å². The molecule has 2 rings (SSSR count). The third-order valence-electron chi connectivity index (χ3n) is 1.89. The maximum absolute atomic E-state index is 8.62. The van der Waals surface area contributed by atoms with Crippen LogP contribution in [0.3, 0.4) is 0 Å². The van der Waals surface area contributed by atoms with Gasteiger partial charge < -0.3 is 4.74 Å². The van der Waals surface area contributed by atoms with Crippen molar-refractivity contribution in [2.75, 3.05) is 7.11 Å². The summed E-state index contributed by atoms with van der Waals surface area (Å²) in [5.74, 6) is 0.830. The quantitative estimate of drug-likeness (QED) is 0.734. The third-order valence-corrected chi connectivity index (χ3v) is 1.89. The molecule has 0 aromatic carbocycles. The fraction of sp³-hybridized carbons (Fsp3) is 0.100. The predicted molar refractivity (Wildman–Crippen MR) is 54.3 cm³/mol. The van der Waals surface area contributed by atoms with Gasteiger partial charge in [-0.25, -0.2) is 19.9 Å². The molecule has 0 unspecified atom stereocenters. The van der Waals surface area contributed by atoms with Crippen molar-refractivity contribution in [1.82, 2.24) is 19.9 Å². The van der Waals surface area contributed by atoms with Gasteiger partial charge in [-0.1, -0.05) is 0 Å². The second kappa shape index (κ2) is 4.31. The van der Waals surface area contributed by atoms with E-state index in [1.165, 1.54) is 25.8 Å². The topological polar surface area (TPSA) is 84.6 Å². The first-order valence-electron chi connectivity index (χ1n) is 4.41. The van der Waals surface area contributed by atoms with Gasteiger partial charge in [0.2, 0.25) is 5.88 Å². The van der Waals surface area contributed by atoms with Gasteiger partial charge in [0, 0.05) is 18.6 Å². The van der Waals surface area contributed by atoms with Crippen molar-refractivity contribution in [2.24, 2.45) is 0 Å². The van der Waals surface area contributed by atoms with Crippen molar-refractivity contribution in [1.29, 1.82) is 5.26 Å². The van der Waals surface area contributed by atoms with E-state index in [4.69, 9.17) is 10.00 Å². The lowest BCUT2D eigenvalue weighted by Crippen LogP contribution is -1.96. The van der Waals surface area contributed by atoms with Crippen molar-refractivity contribution in [3.8, 4) is 23.3 Å². The van der Waals surface area contributed by atoms with Crippen molar-refractivity contribution < 1.29 is 4.74 Å². The van der Waals surface area contributed by atoms with Crippen molar-refractivity contribution >= 4 is 0 Å². The van der Waals surface area contributed by atoms with Gasteiger partial charge in [0.05, 0.1) is 18.2 Å². The van der Waals surface area contributed by atoms with Gasteiger partial charge in [-0.2, -0.15) is 5.26 Å². The highest BCUT2D eigenvalue weighted by atomic mass is 16.5. The summed E-state index contributed by atoms with van der Waals surface area (Å²) in [4.78, 5) is 15.9. The Morgan fingerprint density at radius 1 is 1.19 bits per heavy atom. The van der Waals surface area contributed by atoms with Crippen LogP contribution >= 0.6 is 0 Å². The van der Waals surface area contributed by atoms with Crippen LogP contribution in [0.4, 0.5) is 0 Å². The average Bonchev–Trinajstić information content (AvgIpc) is 2.39. The molecule has 0 spiro atoms. The number of rotatable bonds is 2. The predicted octanol–water partition coefficient (Wildman–Crippen LogP) is 0.814. The van der Waals surface area contributed by atoms with Gasteiger partial charge in [0.15, 0.2) is 5.82 Å². The van der Waals surface area contributed by atoms with E-state index in [1.54, 1.807) is 6.20 Å². The van der Waals surface area contributed by atoms with E-state index < -0.39 is 0 Å². The number of methoxy groups -OCH3 is 1. The molecule has 2 heterocycles. The first-order chi connectivity index (χ1) is 7.85. The molecule has 0 N–H and O–H groups in total. The number of aromatic nitrogens is 4. The van der Waals surface area contributed by atoms with E-state index in [1.807, 2.05) is 6.07 Å². The zero-order valence-corrected chi connectivity index (χ0v) is 8.45. The van der Waals surface area contributed by atoms with Crippen LogP contribution in [0.2, 0.25) is 0 Å². The first-order valence-corrected chi connectivity index (χ1v) is 4.41. The van der Waals surface area contributed by atoms with Crippen LogP contribution in [-0.2, 0) is 0 Å². The van der Waals surface area contributed by atoms with Crippen LogP contribution in [0.25, 0.3) is 11.4 Å². The van der Waals surface area contributed by atoms with Gasteiger partial charge >= 0.3 is 0 Å². The molecule has 16 heavy (non-hydrogen) atoms. The summed E-state index contributed by atoms with van der Waals surface area (Å²) in [6, 6.07) is 1.95. The Hall–Kier alpha value is -2.55. The summed E-state index contributed by atoms with van der Waals surface area (Å²) in [6.07, 6.45) is 5.82. The normalized spacial score (nSPS) is 9.50. The van der Waals surface area contributed by atoms with E-state index >= 15 is 0 Å². The molecule has 0 aliphatic carbocycles. The molecule has 0 amide bonds. The SMILES string of the molecule is COc1ncncc1-c1ncc(C#N)cn1. The van der Waals surface area contributed by atoms with E-state index in [0.29, 0.717) is 22.8 Å². The smallest absolute Gasteiger partial charge is 0.227 e. The lowest BCUT2D eigenvalue weighted by molar-refractivity contribution is 0.398. The van der Waals surface area contributed by atoms with E-state index in [0.717, 1.165) is 0 Å². The fourth-order valence-electron chi connectivity index (χ4n) is 1.16. The number of nitriles is 1. The molecule has 0 saturated carbocycles. The van der Waals surface area contributed by atoms with Gasteiger partial charge in [0.25, 0.3) is 0 Å². The lowest BCUT2D eigenvalue weighted by Gasteiger charge is -2.03. The molecule has 6 nitrogen and oxygen atoms in total. The highest BCUT2D eigenvalue weighted by Gasteiger charge is 2.09. The molecule has 2 aromatic rings. The molecule has 0 aliphatic heterocycles. The van der Waals surface area contributed by atoms with Crippen molar-refractivity contribution in [3.05, 3.63) is 30.5 Å². The lowest BCUT2D eigenvalue weighted by atomic mass is 10.3. The summed E-state index contributed by atoms with van der Waals surface area (Å²) in [6.45, 7) is 0. The molecule has 6 heteroatoms. The van der Waals surface area contributed by atoms with Gasteiger partial charge in [0.1, 0.15) is 12.4 Å². The first kappa shape index (κ1) is 9.98. The molecule has 2 aromatic heterocycles. The standard InChI is InChI=1S/C10H7N5O/c1-16-10-8(5-12-6-15-10)9-13-3-7(2-11)4-14-9/h3-6H,1H3. The summed E-state index contributed by atoms with van der Waals surface area (Å²) in [5.41, 5.74) is 0.994. The molecule has 0 atom stereocenters. The summed E-state index contributed by atoms with van der Waals surface area (Å²) >= 11 is 0. The van der Waals surface area contributed by atoms with Crippen LogP contribution in [0.5, 0.6) is 5.88 Å². The Balaban J connectivity index is 2.47. The maximum Gasteiger partial charge on any atom is 0.227 e. The fourth-order valence-corrected chi connectivity index (χ4v) is 1.16. The third kappa shape index (κ3) is 1.79. The van der Waals surface area contributed by atoms with Crippen molar-refractivity contribution in [3.63, 3.8) is 0 Å². The molecular weight excluding hydrogens is 206 g/mol. The Bertz CT molecular complexity index is 532. The largest absolute Gasteiger partial charge is 0.480 e. The molecule has 78 valence electrons. The summed E-state index contributed by atoms with van der Waals surface area (Å²) in [5, 5.41) is 8.62. The van der Waals surface area contributed by atoms with E-state index in [2.05, 4.69) is 19.9 Å². The second-order valence-electron chi connectivity index (χ2n) is 2.85. The van der Waals surface area contributed by atoms with Crippen LogP contribution < -0.4 is 4.74 Å². The minimum Gasteiger partial charge on any atom is -0.480 e. The van der Waals surface area contributed by atoms with Crippen molar-refractivity contribution in [2.45, 2.75) is 0 Å². The maximum atomic E-state index is 8.62. The van der Waals surface area contributed by atoms with E-state index in [-0.39, 0.29) is 0 Å². The van der Waals surface area contributed by atoms with Crippen LogP contribution in [-0.4, -0.2) is 27.0 Å². The minimum atomic E-state index is 0.402. The number of ether oxygens (including phenoxy) is 1. The number of hydrogen-bond acceptors (Lipinski definition) is 6. The summed E-state index contributed by atoms with van der Waals surface area (Å²) < 4.78 is 5.06. The highest BCUT2D eigenvalue weighted by molar-refractivity contribution is 5.59. The Labute approximate surface area is 91.6 Å². The monoisotopic (exact) mass is 213 g/mol. The summed E-state index contributed by atoms with van der Waals surface area (Å²) in [7, 11) is 1.51. The van der Waals surface area contributed by atoms with Gasteiger partial charge in [-0.3, -0.25) is 0 Å². The molecule has 0 saturated heterocycles. The average molecular weight is 213 g/mol. The molecule has 0 aliphatic rings. The molecule has 0 fully saturated rings. The zero-order chi connectivity index (χ0) is 11.4. The highest BCUT2D eigenvalue weighted by Crippen LogP contribution is 2.22. The van der Waals surface area contributed by atoms with Gasteiger partial charge in [-0.05, 0) is 0 Å². The van der Waals surface area contributed by atoms with E-state index in [9.17, 15) is 0 Å². The Morgan fingerprint density at radius 2 is 1.94 bits per heavy atom. The second-order valence-corrected chi connectivity index (χ2v) is 2.85. The Kier molecular flexibility index (Phi) is 2.69. The minimum absolute atomic E-state index is 0.402. The molecule has 0 radical (unpaired) electrons. The van der Waals surface area contributed by atoms with Crippen LogP contribution in [0.15, 0.2) is 24.9 Å². The number of hydrogen-bond donors (Lipinski definition) is 0. The molecule has 0 bridgehead atoms. The zero-order valence-electron chi connectivity index (χ0n) is 8.45. The molecular formula is C10H7N5O. The number of nitrogens with zero attached hydrogens (tertiary/aromatic N) is 5. The van der Waals surface area contributed by atoms with Crippen LogP contribution in [0.1, 0.15) is 5.56 Å². The Morgan fingerprint density at radius 3 is 2.56 bits per heavy atom. The van der Waals surface area contributed by atoms with Crippen LogP contribution in [0, 0.1) is 11.3 Å².